The predicted octanol–water partition coefficient (Wildman–Crippen LogP) is 4.11. The normalized spacial score (nSPS) is 25.0. The van der Waals surface area contributed by atoms with Crippen molar-refractivity contribution in [1.82, 2.24) is 10.2 Å². The molecule has 2 rings (SSSR count). The SMILES string of the molecule is CCCCC1CCCC1NC(=O)C1CCN(C(=O)OC(C)(C)C)CC1. The topological polar surface area (TPSA) is 58.6 Å². The number of likely N-dealkylation sites (tertiary alicyclic amines) is 1. The number of hydrogen-bond donors (Lipinski definition) is 1. The fourth-order valence-corrected chi connectivity index (χ4v) is 3.99. The highest BCUT2D eigenvalue weighted by Gasteiger charge is 2.33. The molecule has 2 amide bonds. The summed E-state index contributed by atoms with van der Waals surface area (Å²) in [5.74, 6) is 0.883. The maximum atomic E-state index is 12.6. The van der Waals surface area contributed by atoms with E-state index >= 15 is 0 Å². The lowest BCUT2D eigenvalue weighted by molar-refractivity contribution is -0.127. The molecule has 144 valence electrons. The minimum atomic E-state index is -0.471. The van der Waals surface area contributed by atoms with Gasteiger partial charge < -0.3 is 15.0 Å². The van der Waals surface area contributed by atoms with E-state index in [4.69, 9.17) is 4.74 Å². The van der Waals surface area contributed by atoms with Gasteiger partial charge in [-0.05, 0) is 58.8 Å². The lowest BCUT2D eigenvalue weighted by Crippen LogP contribution is -2.47. The molecule has 2 aliphatic rings. The first kappa shape index (κ1) is 20.1. The van der Waals surface area contributed by atoms with Gasteiger partial charge in [-0.2, -0.15) is 0 Å². The van der Waals surface area contributed by atoms with E-state index in [-0.39, 0.29) is 17.9 Å². The third-order valence-corrected chi connectivity index (χ3v) is 5.43. The molecule has 1 N–H and O–H groups in total. The lowest BCUT2D eigenvalue weighted by Gasteiger charge is -2.33. The van der Waals surface area contributed by atoms with E-state index in [9.17, 15) is 9.59 Å². The summed E-state index contributed by atoms with van der Waals surface area (Å²) in [6.07, 6.45) is 8.52. The number of rotatable bonds is 5. The Morgan fingerprint density at radius 2 is 1.80 bits per heavy atom. The third-order valence-electron chi connectivity index (χ3n) is 5.43. The Balaban J connectivity index is 1.76. The van der Waals surface area contributed by atoms with Crippen molar-refractivity contribution >= 4 is 12.0 Å². The van der Waals surface area contributed by atoms with Crippen LogP contribution in [-0.2, 0) is 9.53 Å². The molecular weight excluding hydrogens is 316 g/mol. The van der Waals surface area contributed by atoms with Crippen molar-refractivity contribution in [2.45, 2.75) is 90.7 Å². The molecule has 2 atom stereocenters. The van der Waals surface area contributed by atoms with E-state index in [0.29, 0.717) is 25.0 Å². The molecule has 1 saturated carbocycles. The maximum Gasteiger partial charge on any atom is 0.410 e. The van der Waals surface area contributed by atoms with Crippen LogP contribution in [-0.4, -0.2) is 41.6 Å². The molecule has 2 fully saturated rings. The standard InChI is InChI=1S/C20H36N2O3/c1-5-6-8-15-9-7-10-17(15)21-18(23)16-11-13-22(14-12-16)19(24)25-20(2,3)4/h15-17H,5-14H2,1-4H3,(H,21,23). The van der Waals surface area contributed by atoms with Gasteiger partial charge in [0.05, 0.1) is 0 Å². The first-order valence-corrected chi connectivity index (χ1v) is 10.1. The number of unbranched alkanes of at least 4 members (excludes halogenated alkanes) is 1. The van der Waals surface area contributed by atoms with Crippen molar-refractivity contribution in [2.75, 3.05) is 13.1 Å². The number of carbonyl (C=O) groups is 2. The van der Waals surface area contributed by atoms with Gasteiger partial charge in [0, 0.05) is 25.0 Å². The van der Waals surface area contributed by atoms with Gasteiger partial charge in [-0.3, -0.25) is 4.79 Å². The highest BCUT2D eigenvalue weighted by Crippen LogP contribution is 2.30. The molecule has 0 spiro atoms. The number of carbonyl (C=O) groups excluding carboxylic acids is 2. The highest BCUT2D eigenvalue weighted by atomic mass is 16.6. The Hall–Kier alpha value is -1.26. The molecule has 1 aliphatic heterocycles. The fourth-order valence-electron chi connectivity index (χ4n) is 3.99. The molecule has 1 heterocycles. The Bertz CT molecular complexity index is 450. The smallest absolute Gasteiger partial charge is 0.410 e. The zero-order chi connectivity index (χ0) is 18.4. The van der Waals surface area contributed by atoms with E-state index in [2.05, 4.69) is 12.2 Å². The second kappa shape index (κ2) is 8.91. The van der Waals surface area contributed by atoms with Crippen LogP contribution in [0.4, 0.5) is 4.79 Å². The van der Waals surface area contributed by atoms with E-state index in [1.165, 1.54) is 32.1 Å². The monoisotopic (exact) mass is 352 g/mol. The van der Waals surface area contributed by atoms with Gasteiger partial charge in [-0.1, -0.05) is 26.2 Å². The number of nitrogens with one attached hydrogen (secondary N) is 1. The largest absolute Gasteiger partial charge is 0.444 e. The van der Waals surface area contributed by atoms with Gasteiger partial charge in [0.25, 0.3) is 0 Å². The van der Waals surface area contributed by atoms with Gasteiger partial charge >= 0.3 is 6.09 Å². The van der Waals surface area contributed by atoms with Crippen molar-refractivity contribution in [2.24, 2.45) is 11.8 Å². The molecule has 0 aromatic carbocycles. The van der Waals surface area contributed by atoms with Gasteiger partial charge in [-0.15, -0.1) is 0 Å². The van der Waals surface area contributed by atoms with Gasteiger partial charge in [-0.25, -0.2) is 4.79 Å². The zero-order valence-corrected chi connectivity index (χ0v) is 16.5. The summed E-state index contributed by atoms with van der Waals surface area (Å²) in [5.41, 5.74) is -0.471. The molecule has 1 aliphatic carbocycles. The van der Waals surface area contributed by atoms with Crippen molar-refractivity contribution in [1.29, 1.82) is 0 Å². The van der Waals surface area contributed by atoms with Crippen molar-refractivity contribution in [3.8, 4) is 0 Å². The summed E-state index contributed by atoms with van der Waals surface area (Å²) in [7, 11) is 0. The zero-order valence-electron chi connectivity index (χ0n) is 16.5. The number of amides is 2. The summed E-state index contributed by atoms with van der Waals surface area (Å²) in [4.78, 5) is 26.5. The Labute approximate surface area is 152 Å². The van der Waals surface area contributed by atoms with Gasteiger partial charge in [0.15, 0.2) is 0 Å². The number of ether oxygens (including phenoxy) is 1. The molecule has 0 aromatic rings. The van der Waals surface area contributed by atoms with Crippen molar-refractivity contribution in [3.63, 3.8) is 0 Å². The summed E-state index contributed by atoms with van der Waals surface area (Å²) in [6.45, 7) is 9.07. The lowest BCUT2D eigenvalue weighted by atomic mass is 9.93. The van der Waals surface area contributed by atoms with Crippen LogP contribution < -0.4 is 5.32 Å². The molecular formula is C20H36N2O3. The third kappa shape index (κ3) is 6.19. The van der Waals surface area contributed by atoms with Crippen LogP contribution in [0, 0.1) is 11.8 Å². The van der Waals surface area contributed by atoms with Crippen LogP contribution in [0.3, 0.4) is 0 Å². The first-order valence-electron chi connectivity index (χ1n) is 10.1. The van der Waals surface area contributed by atoms with Gasteiger partial charge in [0.1, 0.15) is 5.60 Å². The molecule has 5 heteroatoms. The van der Waals surface area contributed by atoms with Crippen LogP contribution in [0.15, 0.2) is 0 Å². The maximum absolute atomic E-state index is 12.6. The highest BCUT2D eigenvalue weighted by molar-refractivity contribution is 5.79. The van der Waals surface area contributed by atoms with Gasteiger partial charge in [0.2, 0.25) is 5.91 Å². The number of nitrogens with zero attached hydrogens (tertiary/aromatic N) is 1. The minimum absolute atomic E-state index is 0.0334. The second-order valence-electron chi connectivity index (χ2n) is 8.69. The average Bonchev–Trinajstić information content (AvgIpc) is 2.98. The summed E-state index contributed by atoms with van der Waals surface area (Å²) >= 11 is 0. The number of hydrogen-bond acceptors (Lipinski definition) is 3. The predicted molar refractivity (Wildman–Crippen MR) is 99.3 cm³/mol. The van der Waals surface area contributed by atoms with E-state index in [1.807, 2.05) is 20.8 Å². The van der Waals surface area contributed by atoms with Crippen LogP contribution in [0.1, 0.15) is 79.1 Å². The molecule has 2 unspecified atom stereocenters. The van der Waals surface area contributed by atoms with E-state index < -0.39 is 5.60 Å². The van der Waals surface area contributed by atoms with Crippen molar-refractivity contribution < 1.29 is 14.3 Å². The van der Waals surface area contributed by atoms with Crippen LogP contribution in [0.25, 0.3) is 0 Å². The molecule has 0 radical (unpaired) electrons. The van der Waals surface area contributed by atoms with E-state index in [1.54, 1.807) is 4.90 Å². The molecule has 25 heavy (non-hydrogen) atoms. The van der Waals surface area contributed by atoms with Crippen LogP contribution >= 0.6 is 0 Å². The Kier molecular flexibility index (Phi) is 7.14. The molecule has 0 bridgehead atoms. The van der Waals surface area contributed by atoms with Crippen LogP contribution in [0.5, 0.6) is 0 Å². The minimum Gasteiger partial charge on any atom is -0.444 e. The van der Waals surface area contributed by atoms with E-state index in [0.717, 1.165) is 19.3 Å². The molecule has 0 aromatic heterocycles. The quantitative estimate of drug-likeness (QED) is 0.810. The number of piperidine rings is 1. The molecule has 5 nitrogen and oxygen atoms in total. The summed E-state index contributed by atoms with van der Waals surface area (Å²) in [5, 5.41) is 3.32. The summed E-state index contributed by atoms with van der Waals surface area (Å²) < 4.78 is 5.42. The fraction of sp³-hybridized carbons (Fsp3) is 0.900. The van der Waals surface area contributed by atoms with Crippen molar-refractivity contribution in [3.05, 3.63) is 0 Å². The summed E-state index contributed by atoms with van der Waals surface area (Å²) in [6, 6.07) is 0.364. The first-order chi connectivity index (χ1) is 11.8. The van der Waals surface area contributed by atoms with Crippen LogP contribution in [0.2, 0.25) is 0 Å². The molecule has 1 saturated heterocycles. The Morgan fingerprint density at radius 3 is 2.40 bits per heavy atom. The Morgan fingerprint density at radius 1 is 1.12 bits per heavy atom. The second-order valence-corrected chi connectivity index (χ2v) is 8.69. The average molecular weight is 353 g/mol.